The summed E-state index contributed by atoms with van der Waals surface area (Å²) >= 11 is 0. The highest BCUT2D eigenvalue weighted by atomic mass is 19.1. The molecule has 1 N–H and O–H groups in total. The van der Waals surface area contributed by atoms with Crippen molar-refractivity contribution in [1.29, 1.82) is 5.26 Å². The van der Waals surface area contributed by atoms with E-state index in [9.17, 15) is 14.0 Å². The molecule has 1 amide bonds. The first-order valence-corrected chi connectivity index (χ1v) is 9.03. The first-order valence-electron chi connectivity index (χ1n) is 9.03. The zero-order valence-electron chi connectivity index (χ0n) is 15.8. The summed E-state index contributed by atoms with van der Waals surface area (Å²) in [5, 5.41) is 11.3. The molecule has 1 aromatic heterocycles. The summed E-state index contributed by atoms with van der Waals surface area (Å²) in [7, 11) is 0. The van der Waals surface area contributed by atoms with Crippen LogP contribution in [0.15, 0.2) is 66.9 Å². The summed E-state index contributed by atoms with van der Waals surface area (Å²) in [6.45, 7) is 0. The highest BCUT2D eigenvalue weighted by Crippen LogP contribution is 2.23. The van der Waals surface area contributed by atoms with Crippen molar-refractivity contribution in [2.45, 2.75) is 0 Å². The van der Waals surface area contributed by atoms with Crippen LogP contribution in [-0.2, 0) is 0 Å². The van der Waals surface area contributed by atoms with Crippen LogP contribution >= 0.6 is 0 Å². The molecule has 6 nitrogen and oxygen atoms in total. The first kappa shape index (κ1) is 19.8. The van der Waals surface area contributed by atoms with Gasteiger partial charge in [-0.3, -0.25) is 14.6 Å². The van der Waals surface area contributed by atoms with Crippen LogP contribution in [0.1, 0.15) is 32.0 Å². The second kappa shape index (κ2) is 8.08. The van der Waals surface area contributed by atoms with E-state index in [0.29, 0.717) is 11.0 Å². The van der Waals surface area contributed by atoms with Crippen LogP contribution in [0.25, 0.3) is 11.0 Å². The number of hydrogen-bond donors (Lipinski definition) is 1. The molecule has 4 rings (SSSR count). The lowest BCUT2D eigenvalue weighted by atomic mass is 10.0. The van der Waals surface area contributed by atoms with E-state index in [2.05, 4.69) is 15.3 Å². The molecular weight excluding hydrogens is 402 g/mol. The molecular formula is C23H12F2N4O2. The highest BCUT2D eigenvalue weighted by Gasteiger charge is 2.19. The van der Waals surface area contributed by atoms with Gasteiger partial charge in [0.15, 0.2) is 17.3 Å². The summed E-state index contributed by atoms with van der Waals surface area (Å²) in [4.78, 5) is 33.4. The lowest BCUT2D eigenvalue weighted by Gasteiger charge is -2.10. The second-order valence-electron chi connectivity index (χ2n) is 6.53. The van der Waals surface area contributed by atoms with Crippen LogP contribution in [0.2, 0.25) is 0 Å². The van der Waals surface area contributed by atoms with Crippen molar-refractivity contribution in [2.75, 3.05) is 5.32 Å². The van der Waals surface area contributed by atoms with Crippen molar-refractivity contribution < 1.29 is 18.4 Å². The summed E-state index contributed by atoms with van der Waals surface area (Å²) in [5.74, 6) is -2.87. The molecule has 3 aromatic carbocycles. The van der Waals surface area contributed by atoms with Gasteiger partial charge in [0.25, 0.3) is 5.91 Å². The quantitative estimate of drug-likeness (QED) is 0.504. The first-order chi connectivity index (χ1) is 15.0. The third-order valence-electron chi connectivity index (χ3n) is 4.50. The number of nitriles is 1. The number of amides is 1. The maximum Gasteiger partial charge on any atom is 0.255 e. The topological polar surface area (TPSA) is 95.7 Å². The van der Waals surface area contributed by atoms with E-state index in [1.165, 1.54) is 54.7 Å². The number of nitrogens with one attached hydrogen (secondary N) is 1. The lowest BCUT2D eigenvalue weighted by Crippen LogP contribution is -2.15. The molecule has 0 fully saturated rings. The van der Waals surface area contributed by atoms with E-state index in [4.69, 9.17) is 5.26 Å². The zero-order valence-corrected chi connectivity index (χ0v) is 15.8. The standard InChI is InChI=1S/C23H12F2N4O2/c24-15-4-1-3-14(9-15)23(31)29-19-6-2-5-17(21(19)25)22(30)13-7-8-18-20(10-13)28-16(11-26)12-27-18/h1-10,12H,(H,29,31). The number of halogens is 2. The van der Waals surface area contributed by atoms with Crippen molar-refractivity contribution >= 4 is 28.4 Å². The minimum atomic E-state index is -0.922. The fourth-order valence-corrected chi connectivity index (χ4v) is 2.99. The number of rotatable bonds is 4. The van der Waals surface area contributed by atoms with Crippen molar-refractivity contribution in [2.24, 2.45) is 0 Å². The summed E-state index contributed by atoms with van der Waals surface area (Å²) in [5.41, 5.74) is 0.563. The molecule has 0 bridgehead atoms. The monoisotopic (exact) mass is 414 g/mol. The van der Waals surface area contributed by atoms with E-state index in [0.717, 1.165) is 6.07 Å². The Bertz CT molecular complexity index is 1400. The van der Waals surface area contributed by atoms with Gasteiger partial charge in [-0.15, -0.1) is 0 Å². The van der Waals surface area contributed by atoms with Crippen LogP contribution in [-0.4, -0.2) is 21.7 Å². The Balaban J connectivity index is 1.66. The molecule has 4 aromatic rings. The van der Waals surface area contributed by atoms with Gasteiger partial charge in [-0.1, -0.05) is 12.1 Å². The molecule has 31 heavy (non-hydrogen) atoms. The van der Waals surface area contributed by atoms with Gasteiger partial charge in [-0.05, 0) is 48.5 Å². The highest BCUT2D eigenvalue weighted by molar-refractivity contribution is 6.11. The summed E-state index contributed by atoms with van der Waals surface area (Å²) < 4.78 is 28.4. The van der Waals surface area contributed by atoms with Gasteiger partial charge in [0.1, 0.15) is 11.9 Å². The van der Waals surface area contributed by atoms with Crippen LogP contribution in [0.5, 0.6) is 0 Å². The molecule has 0 aliphatic heterocycles. The smallest absolute Gasteiger partial charge is 0.255 e. The van der Waals surface area contributed by atoms with E-state index in [1.807, 2.05) is 6.07 Å². The van der Waals surface area contributed by atoms with Crippen molar-refractivity contribution in [3.05, 3.63) is 101 Å². The van der Waals surface area contributed by atoms with Crippen LogP contribution in [0.4, 0.5) is 14.5 Å². The molecule has 0 aliphatic rings. The van der Waals surface area contributed by atoms with E-state index in [1.54, 1.807) is 6.07 Å². The molecule has 0 spiro atoms. The number of nitrogens with zero attached hydrogens (tertiary/aromatic N) is 3. The van der Waals surface area contributed by atoms with Crippen molar-refractivity contribution in [3.63, 3.8) is 0 Å². The number of benzene rings is 3. The maximum atomic E-state index is 15.0. The maximum absolute atomic E-state index is 15.0. The SMILES string of the molecule is N#Cc1cnc2ccc(C(=O)c3cccc(NC(=O)c4cccc(F)c4)c3F)cc2n1. The average molecular weight is 414 g/mol. The third-order valence-corrected chi connectivity index (χ3v) is 4.50. The Morgan fingerprint density at radius 2 is 1.74 bits per heavy atom. The van der Waals surface area contributed by atoms with Gasteiger partial charge in [0, 0.05) is 11.1 Å². The number of fused-ring (bicyclic) bond motifs is 1. The van der Waals surface area contributed by atoms with E-state index >= 15 is 4.39 Å². The average Bonchev–Trinajstić information content (AvgIpc) is 2.79. The Morgan fingerprint density at radius 3 is 2.52 bits per heavy atom. The molecule has 150 valence electrons. The zero-order chi connectivity index (χ0) is 22.0. The molecule has 0 saturated carbocycles. The molecule has 1 heterocycles. The fraction of sp³-hybridized carbons (Fsp3) is 0. The van der Waals surface area contributed by atoms with Gasteiger partial charge >= 0.3 is 0 Å². The van der Waals surface area contributed by atoms with E-state index < -0.39 is 23.3 Å². The number of anilines is 1. The van der Waals surface area contributed by atoms with Crippen LogP contribution < -0.4 is 5.32 Å². The minimum Gasteiger partial charge on any atom is -0.319 e. The molecule has 0 atom stereocenters. The number of ketones is 1. The third kappa shape index (κ3) is 3.97. The molecule has 0 unspecified atom stereocenters. The number of carbonyl (C=O) groups is 2. The lowest BCUT2D eigenvalue weighted by molar-refractivity contribution is 0.101. The number of carbonyl (C=O) groups excluding carboxylic acids is 2. The number of hydrogen-bond acceptors (Lipinski definition) is 5. The van der Waals surface area contributed by atoms with Gasteiger partial charge in [0.05, 0.1) is 28.5 Å². The summed E-state index contributed by atoms with van der Waals surface area (Å²) in [6, 6.07) is 15.3. The molecule has 8 heteroatoms. The second-order valence-corrected chi connectivity index (χ2v) is 6.53. The molecule has 0 radical (unpaired) electrons. The van der Waals surface area contributed by atoms with E-state index in [-0.39, 0.29) is 28.1 Å². The van der Waals surface area contributed by atoms with Crippen LogP contribution in [0, 0.1) is 23.0 Å². The Morgan fingerprint density at radius 1 is 0.935 bits per heavy atom. The Kier molecular flexibility index (Phi) is 5.16. The molecule has 0 aliphatic carbocycles. The minimum absolute atomic E-state index is 0.0116. The normalized spacial score (nSPS) is 10.5. The van der Waals surface area contributed by atoms with Crippen LogP contribution in [0.3, 0.4) is 0 Å². The van der Waals surface area contributed by atoms with Gasteiger partial charge in [-0.25, -0.2) is 13.8 Å². The predicted molar refractivity (Wildman–Crippen MR) is 108 cm³/mol. The summed E-state index contributed by atoms with van der Waals surface area (Å²) in [6.07, 6.45) is 1.31. The largest absolute Gasteiger partial charge is 0.319 e. The Hall–Kier alpha value is -4.51. The van der Waals surface area contributed by atoms with Gasteiger partial charge in [-0.2, -0.15) is 5.26 Å². The fourth-order valence-electron chi connectivity index (χ4n) is 2.99. The predicted octanol–water partition coefficient (Wildman–Crippen LogP) is 4.26. The van der Waals surface area contributed by atoms with Crippen molar-refractivity contribution in [3.8, 4) is 6.07 Å². The Labute approximate surface area is 174 Å². The van der Waals surface area contributed by atoms with Gasteiger partial charge in [0.2, 0.25) is 0 Å². The van der Waals surface area contributed by atoms with Crippen molar-refractivity contribution in [1.82, 2.24) is 9.97 Å². The van der Waals surface area contributed by atoms with Gasteiger partial charge < -0.3 is 5.32 Å². The molecule has 0 saturated heterocycles. The number of aromatic nitrogens is 2.